The van der Waals surface area contributed by atoms with Crippen LogP contribution in [0, 0.1) is 6.92 Å². The number of ether oxygens (including phenoxy) is 1. The van der Waals surface area contributed by atoms with E-state index >= 15 is 0 Å². The van der Waals surface area contributed by atoms with Gasteiger partial charge in [0.1, 0.15) is 0 Å². The lowest BCUT2D eigenvalue weighted by Crippen LogP contribution is -2.19. The van der Waals surface area contributed by atoms with Crippen molar-refractivity contribution in [1.82, 2.24) is 0 Å². The molecule has 3 heteroatoms. The molecule has 1 aromatic carbocycles. The molecule has 1 atom stereocenters. The molecule has 0 heterocycles. The molecule has 0 aliphatic rings. The van der Waals surface area contributed by atoms with E-state index in [2.05, 4.69) is 0 Å². The van der Waals surface area contributed by atoms with E-state index in [9.17, 15) is 9.90 Å². The Kier molecular flexibility index (Phi) is 3.86. The summed E-state index contributed by atoms with van der Waals surface area (Å²) in [5, 5.41) is 9.65. The first-order valence-electron chi connectivity index (χ1n) is 4.96. The molecule has 0 radical (unpaired) electrons. The molecule has 1 unspecified atom stereocenters. The van der Waals surface area contributed by atoms with E-state index in [4.69, 9.17) is 4.74 Å². The number of aliphatic hydroxyl groups excluding tert-OH is 1. The lowest BCUT2D eigenvalue weighted by Gasteiger charge is -2.13. The van der Waals surface area contributed by atoms with Crippen LogP contribution in [0.4, 0.5) is 0 Å². The molecule has 0 aromatic heterocycles. The fourth-order valence-corrected chi connectivity index (χ4v) is 1.18. The topological polar surface area (TPSA) is 46.5 Å². The van der Waals surface area contributed by atoms with Gasteiger partial charge < -0.3 is 9.84 Å². The summed E-state index contributed by atoms with van der Waals surface area (Å²) in [5.74, 6) is -0.603. The molecule has 0 bridgehead atoms. The van der Waals surface area contributed by atoms with Crippen LogP contribution < -0.4 is 0 Å². The number of benzene rings is 1. The highest BCUT2D eigenvalue weighted by Crippen LogP contribution is 2.15. The van der Waals surface area contributed by atoms with Gasteiger partial charge in [-0.15, -0.1) is 0 Å². The van der Waals surface area contributed by atoms with E-state index in [0.29, 0.717) is 5.56 Å². The van der Waals surface area contributed by atoms with Gasteiger partial charge in [0.05, 0.1) is 6.10 Å². The van der Waals surface area contributed by atoms with Crippen LogP contribution in [0.5, 0.6) is 0 Å². The number of carbonyl (C=O) groups excluding carboxylic acids is 1. The predicted octanol–water partition coefficient (Wildman–Crippen LogP) is 1.98. The summed E-state index contributed by atoms with van der Waals surface area (Å²) in [4.78, 5) is 11.4. The van der Waals surface area contributed by atoms with Crippen LogP contribution >= 0.6 is 0 Å². The molecule has 1 aromatic rings. The van der Waals surface area contributed by atoms with Crippen LogP contribution in [0.1, 0.15) is 31.1 Å². The Morgan fingerprint density at radius 2 is 1.80 bits per heavy atom. The molecule has 15 heavy (non-hydrogen) atoms. The Hall–Kier alpha value is -1.35. The molecule has 0 spiro atoms. The second-order valence-electron chi connectivity index (χ2n) is 3.80. The molecular formula is C12H16O3. The highest BCUT2D eigenvalue weighted by atomic mass is 16.6. The maximum Gasteiger partial charge on any atom is 0.339 e. The maximum absolute atomic E-state index is 11.4. The van der Waals surface area contributed by atoms with Crippen molar-refractivity contribution < 1.29 is 14.6 Å². The maximum atomic E-state index is 11.4. The van der Waals surface area contributed by atoms with Crippen molar-refractivity contribution in [3.05, 3.63) is 35.4 Å². The van der Waals surface area contributed by atoms with Crippen molar-refractivity contribution in [2.45, 2.75) is 33.0 Å². The van der Waals surface area contributed by atoms with E-state index in [0.717, 1.165) is 5.56 Å². The fourth-order valence-electron chi connectivity index (χ4n) is 1.18. The zero-order valence-corrected chi connectivity index (χ0v) is 9.23. The fraction of sp³-hybridized carbons (Fsp3) is 0.417. The molecule has 0 aliphatic carbocycles. The summed E-state index contributed by atoms with van der Waals surface area (Å²) in [6, 6.07) is 7.14. The molecule has 0 aliphatic heterocycles. The average Bonchev–Trinajstić information content (AvgIpc) is 2.17. The summed E-state index contributed by atoms with van der Waals surface area (Å²) in [6.45, 7) is 5.45. The predicted molar refractivity (Wildman–Crippen MR) is 57.4 cm³/mol. The first-order valence-corrected chi connectivity index (χ1v) is 4.96. The quantitative estimate of drug-likeness (QED) is 0.772. The van der Waals surface area contributed by atoms with Gasteiger partial charge in [0.2, 0.25) is 0 Å². The Morgan fingerprint density at radius 1 is 1.27 bits per heavy atom. The first-order chi connectivity index (χ1) is 7.00. The molecule has 3 nitrogen and oxygen atoms in total. The van der Waals surface area contributed by atoms with Gasteiger partial charge >= 0.3 is 5.97 Å². The van der Waals surface area contributed by atoms with Crippen LogP contribution in [-0.2, 0) is 9.53 Å². The minimum Gasteiger partial charge on any atom is -0.461 e. The summed E-state index contributed by atoms with van der Waals surface area (Å²) in [6.07, 6.45) is -1.40. The third-order valence-electron chi connectivity index (χ3n) is 1.97. The summed E-state index contributed by atoms with van der Waals surface area (Å²) >= 11 is 0. The van der Waals surface area contributed by atoms with Crippen LogP contribution in [0.3, 0.4) is 0 Å². The summed E-state index contributed by atoms with van der Waals surface area (Å²) in [5.41, 5.74) is 1.65. The van der Waals surface area contributed by atoms with Gasteiger partial charge in [-0.25, -0.2) is 4.79 Å². The Balaban J connectivity index is 2.71. The lowest BCUT2D eigenvalue weighted by atomic mass is 10.1. The van der Waals surface area contributed by atoms with Crippen molar-refractivity contribution in [2.24, 2.45) is 0 Å². The van der Waals surface area contributed by atoms with Gasteiger partial charge in [-0.2, -0.15) is 0 Å². The second kappa shape index (κ2) is 4.94. The van der Waals surface area contributed by atoms with Gasteiger partial charge in [0.25, 0.3) is 0 Å². The summed E-state index contributed by atoms with van der Waals surface area (Å²) in [7, 11) is 0. The minimum absolute atomic E-state index is 0.211. The standard InChI is InChI=1S/C12H16O3/c1-8(2)15-12(14)11(13)10-6-4-9(3)5-7-10/h4-8,11,13H,1-3H3. The smallest absolute Gasteiger partial charge is 0.339 e. The highest BCUT2D eigenvalue weighted by molar-refractivity contribution is 5.76. The van der Waals surface area contributed by atoms with Crippen molar-refractivity contribution in [3.8, 4) is 0 Å². The number of hydrogen-bond donors (Lipinski definition) is 1. The minimum atomic E-state index is -1.19. The molecule has 0 fully saturated rings. The Morgan fingerprint density at radius 3 is 2.27 bits per heavy atom. The van der Waals surface area contributed by atoms with Crippen LogP contribution in [0.2, 0.25) is 0 Å². The zero-order chi connectivity index (χ0) is 11.4. The number of esters is 1. The number of aryl methyl sites for hydroxylation is 1. The SMILES string of the molecule is Cc1ccc(C(O)C(=O)OC(C)C)cc1. The average molecular weight is 208 g/mol. The lowest BCUT2D eigenvalue weighted by molar-refractivity contribution is -0.157. The highest BCUT2D eigenvalue weighted by Gasteiger charge is 2.19. The van der Waals surface area contributed by atoms with E-state index < -0.39 is 12.1 Å². The first kappa shape index (κ1) is 11.7. The largest absolute Gasteiger partial charge is 0.461 e. The van der Waals surface area contributed by atoms with Gasteiger partial charge in [0, 0.05) is 0 Å². The number of hydrogen-bond acceptors (Lipinski definition) is 3. The molecule has 1 N–H and O–H groups in total. The number of rotatable bonds is 3. The second-order valence-corrected chi connectivity index (χ2v) is 3.80. The molecule has 1 rings (SSSR count). The van der Waals surface area contributed by atoms with E-state index in [-0.39, 0.29) is 6.10 Å². The van der Waals surface area contributed by atoms with Gasteiger partial charge in [0.15, 0.2) is 6.10 Å². The Labute approximate surface area is 89.7 Å². The number of aliphatic hydroxyl groups is 1. The van der Waals surface area contributed by atoms with Gasteiger partial charge in [-0.05, 0) is 26.3 Å². The van der Waals surface area contributed by atoms with E-state index in [1.165, 1.54) is 0 Å². The van der Waals surface area contributed by atoms with Crippen molar-refractivity contribution in [2.75, 3.05) is 0 Å². The van der Waals surface area contributed by atoms with Crippen LogP contribution in [0.25, 0.3) is 0 Å². The van der Waals surface area contributed by atoms with Gasteiger partial charge in [-0.1, -0.05) is 29.8 Å². The van der Waals surface area contributed by atoms with Crippen molar-refractivity contribution >= 4 is 5.97 Å². The van der Waals surface area contributed by atoms with E-state index in [1.807, 2.05) is 19.1 Å². The monoisotopic (exact) mass is 208 g/mol. The molecule has 0 amide bonds. The number of carbonyl (C=O) groups is 1. The van der Waals surface area contributed by atoms with Crippen molar-refractivity contribution in [1.29, 1.82) is 0 Å². The third-order valence-corrected chi connectivity index (χ3v) is 1.97. The third kappa shape index (κ3) is 3.36. The zero-order valence-electron chi connectivity index (χ0n) is 9.23. The summed E-state index contributed by atoms with van der Waals surface area (Å²) < 4.78 is 4.91. The van der Waals surface area contributed by atoms with Crippen LogP contribution in [0.15, 0.2) is 24.3 Å². The molecule has 0 saturated carbocycles. The molecular weight excluding hydrogens is 192 g/mol. The Bertz CT molecular complexity index is 327. The van der Waals surface area contributed by atoms with E-state index in [1.54, 1.807) is 26.0 Å². The molecule has 0 saturated heterocycles. The normalized spacial score (nSPS) is 12.6. The molecule has 82 valence electrons. The van der Waals surface area contributed by atoms with Crippen molar-refractivity contribution in [3.63, 3.8) is 0 Å². The van der Waals surface area contributed by atoms with Crippen LogP contribution in [-0.4, -0.2) is 17.2 Å². The van der Waals surface area contributed by atoms with Gasteiger partial charge in [-0.3, -0.25) is 0 Å².